The first-order valence-electron chi connectivity index (χ1n) is 16.0. The largest absolute Gasteiger partial charge is 0.481 e. The maximum Gasteiger partial charge on any atom is 0.422 e. The topological polar surface area (TPSA) is 98.7 Å². The van der Waals surface area contributed by atoms with Crippen molar-refractivity contribution in [2.45, 2.75) is 36.8 Å². The lowest BCUT2D eigenvalue weighted by Crippen LogP contribution is -2.68. The molecule has 14 heteroatoms. The van der Waals surface area contributed by atoms with Crippen LogP contribution in [0.15, 0.2) is 60.7 Å². The van der Waals surface area contributed by atoms with Crippen LogP contribution in [-0.4, -0.2) is 128 Å². The number of ether oxygens (including phenoxy) is 5. The molecule has 1 aromatic heterocycles. The van der Waals surface area contributed by atoms with Gasteiger partial charge in [0.25, 0.3) is 5.91 Å². The summed E-state index contributed by atoms with van der Waals surface area (Å²) < 4.78 is 67.0. The van der Waals surface area contributed by atoms with E-state index in [0.29, 0.717) is 45.9 Å². The Labute approximate surface area is 277 Å². The fourth-order valence-electron chi connectivity index (χ4n) is 6.94. The van der Waals surface area contributed by atoms with Crippen molar-refractivity contribution in [1.82, 2.24) is 24.7 Å². The molecule has 48 heavy (non-hydrogen) atoms. The van der Waals surface area contributed by atoms with Crippen molar-refractivity contribution in [3.63, 3.8) is 0 Å². The number of alkyl halides is 3. The zero-order valence-electron chi connectivity index (χ0n) is 27.0. The number of hydrogen-bond acceptors (Lipinski definition) is 10. The van der Waals surface area contributed by atoms with E-state index in [-0.39, 0.29) is 60.4 Å². The minimum atomic E-state index is -4.58. The van der Waals surface area contributed by atoms with Crippen LogP contribution in [0.3, 0.4) is 0 Å². The number of hydrogen-bond donors (Lipinski definition) is 0. The van der Waals surface area contributed by atoms with Gasteiger partial charge in [-0.25, -0.2) is 0 Å². The highest BCUT2D eigenvalue weighted by molar-refractivity contribution is 5.81. The van der Waals surface area contributed by atoms with Gasteiger partial charge in [0, 0.05) is 57.3 Å². The summed E-state index contributed by atoms with van der Waals surface area (Å²) in [5, 5.41) is 0. The lowest BCUT2D eigenvalue weighted by molar-refractivity contribution is -0.162. The zero-order chi connectivity index (χ0) is 33.7. The van der Waals surface area contributed by atoms with Crippen LogP contribution >= 0.6 is 0 Å². The summed E-state index contributed by atoms with van der Waals surface area (Å²) in [6.07, 6.45) is -5.22. The number of rotatable bonds is 10. The van der Waals surface area contributed by atoms with E-state index in [2.05, 4.69) is 44.0 Å². The van der Waals surface area contributed by atoms with E-state index in [1.54, 1.807) is 0 Å². The van der Waals surface area contributed by atoms with Gasteiger partial charge in [-0.1, -0.05) is 60.7 Å². The Balaban J connectivity index is 1.36. The van der Waals surface area contributed by atoms with Gasteiger partial charge in [0.1, 0.15) is 0 Å². The third-order valence-corrected chi connectivity index (χ3v) is 9.01. The van der Waals surface area contributed by atoms with Crippen molar-refractivity contribution < 1.29 is 41.7 Å². The van der Waals surface area contributed by atoms with Crippen LogP contribution in [0.4, 0.5) is 13.2 Å². The van der Waals surface area contributed by atoms with Crippen molar-refractivity contribution in [2.75, 3.05) is 73.4 Å². The number of carbonyl (C=O) groups excluding carboxylic acids is 1. The molecule has 0 radical (unpaired) electrons. The molecule has 3 fully saturated rings. The van der Waals surface area contributed by atoms with Crippen molar-refractivity contribution >= 4 is 5.91 Å². The van der Waals surface area contributed by atoms with Gasteiger partial charge < -0.3 is 28.6 Å². The van der Waals surface area contributed by atoms with Gasteiger partial charge in [0.2, 0.25) is 11.8 Å². The first-order chi connectivity index (χ1) is 23.2. The Morgan fingerprint density at radius 1 is 0.917 bits per heavy atom. The number of halogens is 3. The fourth-order valence-corrected chi connectivity index (χ4v) is 6.94. The van der Waals surface area contributed by atoms with Crippen molar-refractivity contribution in [3.05, 3.63) is 77.4 Å². The molecule has 0 N–H and O–H groups in total. The molecule has 3 aliphatic heterocycles. The molecule has 3 atom stereocenters. The predicted molar refractivity (Wildman–Crippen MR) is 168 cm³/mol. The van der Waals surface area contributed by atoms with Gasteiger partial charge in [-0.3, -0.25) is 14.6 Å². The van der Waals surface area contributed by atoms with Gasteiger partial charge >= 0.3 is 12.2 Å². The smallest absolute Gasteiger partial charge is 0.422 e. The maximum atomic E-state index is 13.5. The Bertz CT molecular complexity index is 1470. The van der Waals surface area contributed by atoms with Crippen molar-refractivity contribution in [1.29, 1.82) is 0 Å². The van der Waals surface area contributed by atoms with Gasteiger partial charge in [-0.05, 0) is 11.1 Å². The normalized spacial score (nSPS) is 22.3. The first kappa shape index (κ1) is 33.9. The number of nitrogens with zero attached hydrogens (tertiary/aromatic N) is 5. The molecule has 3 aromatic rings. The average Bonchev–Trinajstić information content (AvgIpc) is 3.11. The Hall–Kier alpha value is -3.98. The van der Waals surface area contributed by atoms with E-state index in [1.807, 2.05) is 41.3 Å². The molecule has 3 aliphatic rings. The van der Waals surface area contributed by atoms with Gasteiger partial charge in [0.15, 0.2) is 12.7 Å². The Kier molecular flexibility index (Phi) is 10.6. The summed E-state index contributed by atoms with van der Waals surface area (Å²) in [6.45, 7) is 2.39. The first-order valence-corrected chi connectivity index (χ1v) is 16.0. The fraction of sp³-hybridized carbons (Fsp3) is 0.500. The van der Waals surface area contributed by atoms with E-state index >= 15 is 0 Å². The number of aromatic nitrogens is 2. The number of benzene rings is 2. The highest BCUT2D eigenvalue weighted by atomic mass is 19.4. The van der Waals surface area contributed by atoms with Gasteiger partial charge in [0.05, 0.1) is 39.6 Å². The number of piperazine rings is 2. The van der Waals surface area contributed by atoms with Crippen molar-refractivity contribution in [3.8, 4) is 17.8 Å². The van der Waals surface area contributed by atoms with Crippen LogP contribution in [-0.2, 0) is 20.8 Å². The number of methoxy groups -OCH3 is 2. The molecule has 2 aromatic carbocycles. The molecule has 258 valence electrons. The quantitative estimate of drug-likeness (QED) is 0.319. The molecule has 11 nitrogen and oxygen atoms in total. The number of fused-ring (bicyclic) bond motifs is 1. The minimum absolute atomic E-state index is 0.0370. The molecule has 0 aliphatic carbocycles. The second-order valence-corrected chi connectivity index (χ2v) is 12.1. The standard InChI is InChI=1S/C34H40F3N5O6/c1-44-30-26(31(39-33(38-30)45-2)48-22-34(35,36)37)19-40-17-25-18-41(32(43)28-21-46-15-16-47-28)13-14-42(25)27(20-40)29(23-9-5-3-6-10-23)24-11-7-4-8-12-24/h3-12,25,27-29H,13-22H2,1-2H3/t25-,27?,28?/m1/s1. The van der Waals surface area contributed by atoms with Crippen LogP contribution in [0, 0.1) is 0 Å². The van der Waals surface area contributed by atoms with E-state index < -0.39 is 18.9 Å². The molecule has 4 heterocycles. The molecule has 3 saturated heterocycles. The summed E-state index contributed by atoms with van der Waals surface area (Å²) in [6, 6.07) is 20.2. The lowest BCUT2D eigenvalue weighted by Gasteiger charge is -2.53. The summed E-state index contributed by atoms with van der Waals surface area (Å²) in [7, 11) is 2.71. The average molecular weight is 672 g/mol. The van der Waals surface area contributed by atoms with E-state index in [9.17, 15) is 18.0 Å². The zero-order valence-corrected chi connectivity index (χ0v) is 27.0. The maximum absolute atomic E-state index is 13.5. The molecule has 0 bridgehead atoms. The third kappa shape index (κ3) is 7.83. The van der Waals surface area contributed by atoms with Crippen LogP contribution in [0.2, 0.25) is 0 Å². The van der Waals surface area contributed by atoms with E-state index in [0.717, 1.165) is 11.1 Å². The Morgan fingerprint density at radius 2 is 1.60 bits per heavy atom. The molecule has 1 amide bonds. The Morgan fingerprint density at radius 3 is 2.21 bits per heavy atom. The van der Waals surface area contributed by atoms with Gasteiger partial charge in [-0.2, -0.15) is 23.1 Å². The van der Waals surface area contributed by atoms with Crippen LogP contribution in [0.5, 0.6) is 17.8 Å². The molecule has 2 unspecified atom stereocenters. The lowest BCUT2D eigenvalue weighted by atomic mass is 9.81. The monoisotopic (exact) mass is 671 g/mol. The SMILES string of the molecule is COc1nc(OC)c(CN2CC(C(c3ccccc3)c3ccccc3)N3CCN(C(=O)C4COCCO4)C[C@H]3C2)c(OCC(F)(F)F)n1. The summed E-state index contributed by atoms with van der Waals surface area (Å²) in [5.74, 6) is -0.327. The highest BCUT2D eigenvalue weighted by Gasteiger charge is 2.44. The highest BCUT2D eigenvalue weighted by Crippen LogP contribution is 2.38. The second-order valence-electron chi connectivity index (χ2n) is 12.1. The molecular weight excluding hydrogens is 631 g/mol. The second kappa shape index (κ2) is 15.1. The van der Waals surface area contributed by atoms with Crippen LogP contribution in [0.1, 0.15) is 22.6 Å². The predicted octanol–water partition coefficient (Wildman–Crippen LogP) is 3.38. The summed E-state index contributed by atoms with van der Waals surface area (Å²) in [5.41, 5.74) is 2.56. The molecule has 0 spiro atoms. The number of amides is 1. The molecule has 6 rings (SSSR count). The number of carbonyl (C=O) groups is 1. The summed E-state index contributed by atoms with van der Waals surface area (Å²) in [4.78, 5) is 28.4. The molecular formula is C34H40F3N5O6. The van der Waals surface area contributed by atoms with E-state index in [1.165, 1.54) is 14.2 Å². The molecule has 0 saturated carbocycles. The third-order valence-electron chi connectivity index (χ3n) is 9.01. The van der Waals surface area contributed by atoms with E-state index in [4.69, 9.17) is 23.7 Å². The summed E-state index contributed by atoms with van der Waals surface area (Å²) >= 11 is 0. The van der Waals surface area contributed by atoms with Crippen LogP contribution < -0.4 is 14.2 Å². The van der Waals surface area contributed by atoms with Gasteiger partial charge in [-0.15, -0.1) is 0 Å². The minimum Gasteiger partial charge on any atom is -0.481 e. The van der Waals surface area contributed by atoms with Crippen molar-refractivity contribution in [2.24, 2.45) is 0 Å². The van der Waals surface area contributed by atoms with Crippen LogP contribution in [0.25, 0.3) is 0 Å².